The van der Waals surface area contributed by atoms with Gasteiger partial charge in [0.25, 0.3) is 0 Å². The Labute approximate surface area is 61.4 Å². The summed E-state index contributed by atoms with van der Waals surface area (Å²) in [5.74, 6) is 5.24. The van der Waals surface area contributed by atoms with Gasteiger partial charge in [-0.3, -0.25) is 9.98 Å². The molecule has 0 spiro atoms. The molecule has 4 heteroatoms. The number of rotatable bonds is 4. The molecule has 0 bridgehead atoms. The van der Waals surface area contributed by atoms with Gasteiger partial charge in [0.05, 0.1) is 0 Å². The van der Waals surface area contributed by atoms with Gasteiger partial charge in [0.1, 0.15) is 13.0 Å². The lowest BCUT2D eigenvalue weighted by atomic mass is 10.5. The maximum atomic E-state index is 5.24. The molecule has 0 saturated carbocycles. The number of nitrogens with two attached hydrogens (primary N) is 1. The molecule has 2 N–H and O–H groups in total. The molecule has 0 radical (unpaired) electrons. The van der Waals surface area contributed by atoms with Gasteiger partial charge in [0.2, 0.25) is 0 Å². The summed E-state index contributed by atoms with van der Waals surface area (Å²) in [5, 5.41) is 1.39. The van der Waals surface area contributed by atoms with E-state index in [1.807, 2.05) is 13.1 Å². The monoisotopic (exact) mass is 142 g/mol. The average Bonchev–Trinajstić information content (AvgIpc) is 1.87. The molecule has 0 aliphatic carbocycles. The Morgan fingerprint density at radius 3 is 2.70 bits per heavy atom. The molecule has 0 rings (SSSR count). The predicted octanol–water partition coefficient (Wildman–Crippen LogP) is 0.259. The normalized spacial score (nSPS) is 11.5. The Morgan fingerprint density at radius 2 is 2.20 bits per heavy atom. The van der Waals surface area contributed by atoms with E-state index in [2.05, 4.69) is 9.98 Å². The summed E-state index contributed by atoms with van der Waals surface area (Å²) in [6.45, 7) is 2.50. The highest BCUT2D eigenvalue weighted by molar-refractivity contribution is 5.57. The Kier molecular flexibility index (Phi) is 5.66. The van der Waals surface area contributed by atoms with Gasteiger partial charge in [-0.25, -0.2) is 5.84 Å². The zero-order chi connectivity index (χ0) is 7.82. The number of aliphatic imine (C=N–C) groups is 2. The maximum Gasteiger partial charge on any atom is 0.130 e. The first-order chi connectivity index (χ1) is 4.77. The molecule has 10 heavy (non-hydrogen) atoms. The zero-order valence-corrected chi connectivity index (χ0v) is 6.49. The molecule has 0 aromatic heterocycles. The van der Waals surface area contributed by atoms with E-state index in [9.17, 15) is 0 Å². The van der Waals surface area contributed by atoms with Gasteiger partial charge >= 0.3 is 0 Å². The van der Waals surface area contributed by atoms with Gasteiger partial charge in [-0.15, -0.1) is 0 Å². The molecular weight excluding hydrogens is 128 g/mol. The van der Waals surface area contributed by atoms with Crippen molar-refractivity contribution in [3.63, 3.8) is 0 Å². The third-order valence-electron chi connectivity index (χ3n) is 0.739. The van der Waals surface area contributed by atoms with Crippen molar-refractivity contribution in [2.45, 2.75) is 13.3 Å². The van der Waals surface area contributed by atoms with Crippen molar-refractivity contribution >= 4 is 12.6 Å². The molecule has 0 aliphatic rings. The summed E-state index contributed by atoms with van der Waals surface area (Å²) in [6.07, 6.45) is 4.31. The van der Waals surface area contributed by atoms with E-state index >= 15 is 0 Å². The van der Waals surface area contributed by atoms with Crippen LogP contribution in [0.3, 0.4) is 0 Å². The summed E-state index contributed by atoms with van der Waals surface area (Å²) >= 11 is 0. The van der Waals surface area contributed by atoms with Gasteiger partial charge in [0, 0.05) is 13.3 Å². The van der Waals surface area contributed by atoms with Gasteiger partial charge in [-0.2, -0.15) is 0 Å². The average molecular weight is 142 g/mol. The van der Waals surface area contributed by atoms with E-state index in [0.717, 1.165) is 6.42 Å². The van der Waals surface area contributed by atoms with Gasteiger partial charge in [0.15, 0.2) is 0 Å². The number of hydrazine groups is 1. The van der Waals surface area contributed by atoms with E-state index in [1.165, 1.54) is 11.3 Å². The van der Waals surface area contributed by atoms with Crippen molar-refractivity contribution in [1.29, 1.82) is 0 Å². The first-order valence-electron chi connectivity index (χ1n) is 3.23. The fourth-order valence-corrected chi connectivity index (χ4v) is 0.399. The minimum atomic E-state index is 0.468. The standard InChI is InChI=1S/C6H14N4/c1-3-4-8-5-9-6-10(2)7/h4,6H,3,5,7H2,1-2H3/b8-4-,9-6-. The Bertz CT molecular complexity index is 117. The number of nitrogens with zero attached hydrogens (tertiary/aromatic N) is 3. The lowest BCUT2D eigenvalue weighted by Crippen LogP contribution is -2.23. The zero-order valence-electron chi connectivity index (χ0n) is 6.49. The number of hydrogen-bond acceptors (Lipinski definition) is 3. The predicted molar refractivity (Wildman–Crippen MR) is 44.1 cm³/mol. The van der Waals surface area contributed by atoms with Crippen LogP contribution in [-0.4, -0.2) is 31.3 Å². The second kappa shape index (κ2) is 6.22. The minimum absolute atomic E-state index is 0.468. The molecular formula is C6H14N4. The molecule has 0 atom stereocenters. The molecule has 0 fully saturated rings. The smallest absolute Gasteiger partial charge is 0.130 e. The van der Waals surface area contributed by atoms with Crippen molar-refractivity contribution in [2.24, 2.45) is 15.8 Å². The van der Waals surface area contributed by atoms with Crippen LogP contribution < -0.4 is 5.84 Å². The number of hydrogen-bond donors (Lipinski definition) is 1. The Hall–Kier alpha value is -0.900. The highest BCUT2D eigenvalue weighted by atomic mass is 15.4. The molecule has 4 nitrogen and oxygen atoms in total. The van der Waals surface area contributed by atoms with Crippen LogP contribution in [0.1, 0.15) is 13.3 Å². The van der Waals surface area contributed by atoms with Crippen LogP contribution in [0, 0.1) is 0 Å². The fraction of sp³-hybridized carbons (Fsp3) is 0.667. The molecule has 0 aliphatic heterocycles. The molecule has 0 aromatic carbocycles. The minimum Gasteiger partial charge on any atom is -0.304 e. The maximum absolute atomic E-state index is 5.24. The summed E-state index contributed by atoms with van der Waals surface area (Å²) in [6, 6.07) is 0. The summed E-state index contributed by atoms with van der Waals surface area (Å²) in [5.41, 5.74) is 0. The van der Waals surface area contributed by atoms with Crippen LogP contribution in [0.5, 0.6) is 0 Å². The summed E-state index contributed by atoms with van der Waals surface area (Å²) < 4.78 is 0. The third-order valence-corrected chi connectivity index (χ3v) is 0.739. The van der Waals surface area contributed by atoms with Crippen molar-refractivity contribution in [2.75, 3.05) is 13.7 Å². The molecule has 0 heterocycles. The fourth-order valence-electron chi connectivity index (χ4n) is 0.399. The SMILES string of the molecule is CC/C=N\C/N=C\N(C)N. The lowest BCUT2D eigenvalue weighted by Gasteiger charge is -1.99. The van der Waals surface area contributed by atoms with Crippen LogP contribution in [-0.2, 0) is 0 Å². The van der Waals surface area contributed by atoms with Crippen LogP contribution in [0.4, 0.5) is 0 Å². The Balaban J connectivity index is 3.26. The topological polar surface area (TPSA) is 54.0 Å². The van der Waals surface area contributed by atoms with E-state index in [-0.39, 0.29) is 0 Å². The molecule has 0 unspecified atom stereocenters. The van der Waals surface area contributed by atoms with E-state index in [0.29, 0.717) is 6.67 Å². The second-order valence-corrected chi connectivity index (χ2v) is 1.88. The van der Waals surface area contributed by atoms with E-state index in [1.54, 1.807) is 7.05 Å². The van der Waals surface area contributed by atoms with Crippen LogP contribution in [0.15, 0.2) is 9.98 Å². The highest BCUT2D eigenvalue weighted by Crippen LogP contribution is 1.72. The molecule has 0 saturated heterocycles. The van der Waals surface area contributed by atoms with Gasteiger partial charge in [-0.05, 0) is 6.42 Å². The molecule has 58 valence electrons. The first kappa shape index (κ1) is 9.10. The lowest BCUT2D eigenvalue weighted by molar-refractivity contribution is 0.554. The van der Waals surface area contributed by atoms with Crippen molar-refractivity contribution in [1.82, 2.24) is 5.01 Å². The van der Waals surface area contributed by atoms with E-state index in [4.69, 9.17) is 5.84 Å². The largest absolute Gasteiger partial charge is 0.304 e. The van der Waals surface area contributed by atoms with E-state index < -0.39 is 0 Å². The van der Waals surface area contributed by atoms with Gasteiger partial charge in [-0.1, -0.05) is 6.92 Å². The Morgan fingerprint density at radius 1 is 1.50 bits per heavy atom. The second-order valence-electron chi connectivity index (χ2n) is 1.88. The van der Waals surface area contributed by atoms with Crippen molar-refractivity contribution < 1.29 is 0 Å². The van der Waals surface area contributed by atoms with Crippen LogP contribution in [0.2, 0.25) is 0 Å². The van der Waals surface area contributed by atoms with Crippen molar-refractivity contribution in [3.8, 4) is 0 Å². The third kappa shape index (κ3) is 7.10. The van der Waals surface area contributed by atoms with Crippen LogP contribution >= 0.6 is 0 Å². The first-order valence-corrected chi connectivity index (χ1v) is 3.23. The van der Waals surface area contributed by atoms with Crippen LogP contribution in [0.25, 0.3) is 0 Å². The summed E-state index contributed by atoms with van der Waals surface area (Å²) in [4.78, 5) is 7.84. The quantitative estimate of drug-likeness (QED) is 0.265. The molecule has 0 aromatic rings. The summed E-state index contributed by atoms with van der Waals surface area (Å²) in [7, 11) is 1.72. The molecule has 0 amide bonds. The van der Waals surface area contributed by atoms with Gasteiger partial charge < -0.3 is 5.01 Å². The van der Waals surface area contributed by atoms with Crippen molar-refractivity contribution in [3.05, 3.63) is 0 Å². The highest BCUT2D eigenvalue weighted by Gasteiger charge is 1.74.